The first kappa shape index (κ1) is 11.1. The molecule has 0 radical (unpaired) electrons. The van der Waals surface area contributed by atoms with Crippen LogP contribution in [-0.4, -0.2) is 14.9 Å². The molecule has 0 fully saturated rings. The lowest BCUT2D eigenvalue weighted by atomic mass is 10.2. The number of aromatic nitrogens is 2. The fraction of sp³-hybridized carbons (Fsp3) is 0. The minimum atomic E-state index is -0.460. The van der Waals surface area contributed by atoms with E-state index < -0.39 is 4.92 Å². The zero-order chi connectivity index (χ0) is 13.4. The van der Waals surface area contributed by atoms with Crippen molar-refractivity contribution in [2.75, 3.05) is 5.73 Å². The van der Waals surface area contributed by atoms with Crippen molar-refractivity contribution in [3.63, 3.8) is 0 Å². The number of rotatable bonds is 2. The number of anilines is 1. The largest absolute Gasteiger partial charge is 0.418 e. The molecule has 0 saturated carbocycles. The number of nitrogens with zero attached hydrogens (tertiary/aromatic N) is 3. The molecule has 3 aromatic rings. The number of oxazole rings is 1. The Hall–Kier alpha value is -2.96. The lowest BCUT2D eigenvalue weighted by Crippen LogP contribution is -1.87. The third kappa shape index (κ3) is 1.97. The molecule has 0 amide bonds. The molecule has 94 valence electrons. The Labute approximate surface area is 106 Å². The van der Waals surface area contributed by atoms with E-state index in [0.717, 1.165) is 0 Å². The summed E-state index contributed by atoms with van der Waals surface area (Å²) in [7, 11) is 0. The fourth-order valence-electron chi connectivity index (χ4n) is 1.69. The van der Waals surface area contributed by atoms with Crippen LogP contribution in [0.15, 0.2) is 40.9 Å². The molecule has 3 rings (SSSR count). The number of nitro groups is 1. The van der Waals surface area contributed by atoms with Crippen molar-refractivity contribution >= 4 is 22.6 Å². The number of non-ortho nitro benzene ring substituents is 1. The van der Waals surface area contributed by atoms with Gasteiger partial charge in [-0.1, -0.05) is 0 Å². The maximum absolute atomic E-state index is 10.6. The minimum Gasteiger partial charge on any atom is -0.418 e. The molecule has 1 aromatic carbocycles. The average Bonchev–Trinajstić information content (AvgIpc) is 2.81. The highest BCUT2D eigenvalue weighted by molar-refractivity contribution is 5.75. The summed E-state index contributed by atoms with van der Waals surface area (Å²) in [6, 6.07) is 7.59. The number of hydrogen-bond acceptors (Lipinski definition) is 6. The van der Waals surface area contributed by atoms with Gasteiger partial charge in [-0.3, -0.25) is 10.1 Å². The highest BCUT2D eigenvalue weighted by atomic mass is 16.6. The summed E-state index contributed by atoms with van der Waals surface area (Å²) >= 11 is 0. The quantitative estimate of drug-likeness (QED) is 0.557. The maximum Gasteiger partial charge on any atom is 0.269 e. The summed E-state index contributed by atoms with van der Waals surface area (Å²) in [6.45, 7) is 0. The second kappa shape index (κ2) is 4.05. The van der Waals surface area contributed by atoms with Crippen LogP contribution >= 0.6 is 0 Å². The topological polar surface area (TPSA) is 108 Å². The maximum atomic E-state index is 10.6. The van der Waals surface area contributed by atoms with Gasteiger partial charge in [-0.15, -0.1) is 0 Å². The van der Waals surface area contributed by atoms with Crippen molar-refractivity contribution < 1.29 is 9.34 Å². The summed E-state index contributed by atoms with van der Waals surface area (Å²) in [6.07, 6.45) is 1.48. The van der Waals surface area contributed by atoms with Gasteiger partial charge in [0, 0.05) is 17.7 Å². The van der Waals surface area contributed by atoms with Crippen LogP contribution in [0.4, 0.5) is 11.4 Å². The molecular formula is C12H8N4O3. The molecule has 0 aliphatic rings. The van der Waals surface area contributed by atoms with Crippen LogP contribution in [0.5, 0.6) is 0 Å². The molecule has 2 N–H and O–H groups in total. The molecule has 0 saturated heterocycles. The predicted molar refractivity (Wildman–Crippen MR) is 68.3 cm³/mol. The number of benzene rings is 1. The molecule has 7 heteroatoms. The number of pyridine rings is 1. The molecule has 0 spiro atoms. The van der Waals surface area contributed by atoms with E-state index in [2.05, 4.69) is 9.97 Å². The average molecular weight is 256 g/mol. The van der Waals surface area contributed by atoms with Crippen LogP contribution in [0.3, 0.4) is 0 Å². The van der Waals surface area contributed by atoms with Gasteiger partial charge in [-0.25, -0.2) is 9.97 Å². The second-order valence-corrected chi connectivity index (χ2v) is 3.92. The van der Waals surface area contributed by atoms with Crippen LogP contribution in [0.2, 0.25) is 0 Å². The van der Waals surface area contributed by atoms with Crippen molar-refractivity contribution in [1.82, 2.24) is 9.97 Å². The third-order valence-electron chi connectivity index (χ3n) is 2.59. The van der Waals surface area contributed by atoms with Crippen LogP contribution in [0.1, 0.15) is 0 Å². The second-order valence-electron chi connectivity index (χ2n) is 3.92. The van der Waals surface area contributed by atoms with Crippen LogP contribution < -0.4 is 5.73 Å². The number of hydrogen-bond donors (Lipinski definition) is 1. The molecule has 0 unspecified atom stereocenters. The van der Waals surface area contributed by atoms with Gasteiger partial charge in [0.25, 0.3) is 5.69 Å². The van der Waals surface area contributed by atoms with Gasteiger partial charge < -0.3 is 10.2 Å². The van der Waals surface area contributed by atoms with E-state index in [1.54, 1.807) is 18.2 Å². The van der Waals surface area contributed by atoms with Gasteiger partial charge in [0.1, 0.15) is 5.52 Å². The van der Waals surface area contributed by atoms with Crippen molar-refractivity contribution in [3.05, 3.63) is 46.6 Å². The standard InChI is InChI=1S/C12H8N4O3/c13-8-5-10-12(14-6-8)19-11(15-10)7-1-3-9(4-2-7)16(17)18/h1-6H,13H2. The van der Waals surface area contributed by atoms with E-state index in [1.807, 2.05) is 0 Å². The Balaban J connectivity index is 2.06. The van der Waals surface area contributed by atoms with Crippen molar-refractivity contribution in [1.29, 1.82) is 0 Å². The van der Waals surface area contributed by atoms with Gasteiger partial charge in [-0.2, -0.15) is 0 Å². The van der Waals surface area contributed by atoms with E-state index in [0.29, 0.717) is 28.4 Å². The summed E-state index contributed by atoms with van der Waals surface area (Å²) < 4.78 is 5.46. The smallest absolute Gasteiger partial charge is 0.269 e. The number of nitrogens with two attached hydrogens (primary N) is 1. The Morgan fingerprint density at radius 2 is 2.00 bits per heavy atom. The molecule has 2 aromatic heterocycles. The first-order valence-corrected chi connectivity index (χ1v) is 5.40. The van der Waals surface area contributed by atoms with Crippen LogP contribution in [-0.2, 0) is 0 Å². The van der Waals surface area contributed by atoms with E-state index in [1.165, 1.54) is 18.3 Å². The SMILES string of the molecule is Nc1cnc2oc(-c3ccc([N+](=O)[O-])cc3)nc2c1. The summed E-state index contributed by atoms with van der Waals surface area (Å²) in [5.74, 6) is 0.350. The van der Waals surface area contributed by atoms with E-state index in [-0.39, 0.29) is 5.69 Å². The highest BCUT2D eigenvalue weighted by Crippen LogP contribution is 2.25. The number of fused-ring (bicyclic) bond motifs is 1. The first-order chi connectivity index (χ1) is 9.13. The molecule has 2 heterocycles. The lowest BCUT2D eigenvalue weighted by Gasteiger charge is -1.94. The van der Waals surface area contributed by atoms with E-state index in [9.17, 15) is 10.1 Å². The first-order valence-electron chi connectivity index (χ1n) is 5.40. The summed E-state index contributed by atoms with van der Waals surface area (Å²) in [5, 5.41) is 10.6. The molecular weight excluding hydrogens is 248 g/mol. The van der Waals surface area contributed by atoms with Crippen molar-refractivity contribution in [2.24, 2.45) is 0 Å². The molecule has 7 nitrogen and oxygen atoms in total. The van der Waals surface area contributed by atoms with E-state index in [4.69, 9.17) is 10.2 Å². The summed E-state index contributed by atoms with van der Waals surface area (Å²) in [4.78, 5) is 18.4. The zero-order valence-corrected chi connectivity index (χ0v) is 9.61. The van der Waals surface area contributed by atoms with Gasteiger partial charge >= 0.3 is 0 Å². The predicted octanol–water partition coefficient (Wildman–Crippen LogP) is 2.38. The number of nitro benzene ring substituents is 1. The normalized spacial score (nSPS) is 10.7. The Morgan fingerprint density at radius 1 is 1.26 bits per heavy atom. The van der Waals surface area contributed by atoms with Gasteiger partial charge in [0.05, 0.1) is 16.8 Å². The van der Waals surface area contributed by atoms with Gasteiger partial charge in [-0.05, 0) is 18.2 Å². The van der Waals surface area contributed by atoms with E-state index >= 15 is 0 Å². The minimum absolute atomic E-state index is 0.0160. The Bertz CT molecular complexity index is 764. The van der Waals surface area contributed by atoms with Crippen molar-refractivity contribution in [2.45, 2.75) is 0 Å². The molecule has 19 heavy (non-hydrogen) atoms. The summed E-state index contributed by atoms with van der Waals surface area (Å²) in [5.41, 5.74) is 7.69. The monoisotopic (exact) mass is 256 g/mol. The van der Waals surface area contributed by atoms with Crippen LogP contribution in [0, 0.1) is 10.1 Å². The molecule has 0 aliphatic carbocycles. The molecule has 0 aliphatic heterocycles. The van der Waals surface area contributed by atoms with Gasteiger partial charge in [0.2, 0.25) is 11.6 Å². The van der Waals surface area contributed by atoms with Crippen LogP contribution in [0.25, 0.3) is 22.7 Å². The zero-order valence-electron chi connectivity index (χ0n) is 9.61. The van der Waals surface area contributed by atoms with Crippen molar-refractivity contribution in [3.8, 4) is 11.5 Å². The Kier molecular flexibility index (Phi) is 2.38. The fourth-order valence-corrected chi connectivity index (χ4v) is 1.69. The lowest BCUT2D eigenvalue weighted by molar-refractivity contribution is -0.384. The number of nitrogen functional groups attached to an aromatic ring is 1. The van der Waals surface area contributed by atoms with Gasteiger partial charge in [0.15, 0.2) is 0 Å². The third-order valence-corrected chi connectivity index (χ3v) is 2.59. The molecule has 0 atom stereocenters. The highest BCUT2D eigenvalue weighted by Gasteiger charge is 2.11. The molecule has 0 bridgehead atoms. The Morgan fingerprint density at radius 3 is 2.68 bits per heavy atom.